The predicted molar refractivity (Wildman–Crippen MR) is 139 cm³/mol. The lowest BCUT2D eigenvalue weighted by molar-refractivity contribution is -0.0791. The van der Waals surface area contributed by atoms with Crippen LogP contribution in [-0.4, -0.2) is 53.6 Å². The van der Waals surface area contributed by atoms with Crippen molar-refractivity contribution in [3.05, 3.63) is 47.2 Å². The van der Waals surface area contributed by atoms with Crippen LogP contribution in [0.15, 0.2) is 47.2 Å². The first-order valence-corrected chi connectivity index (χ1v) is 11.3. The smallest absolute Gasteiger partial charge is 0.221 e. The minimum absolute atomic E-state index is 0. The fourth-order valence-corrected chi connectivity index (χ4v) is 5.20. The molecule has 0 unspecified atom stereocenters. The van der Waals surface area contributed by atoms with E-state index in [1.807, 2.05) is 24.3 Å². The summed E-state index contributed by atoms with van der Waals surface area (Å²) in [6.07, 6.45) is 1.02. The quantitative estimate of drug-likeness (QED) is 0.284. The highest BCUT2D eigenvalue weighted by molar-refractivity contribution is 9.10. The molecule has 2 aliphatic rings. The Morgan fingerprint density at radius 3 is 2.74 bits per heavy atom. The van der Waals surface area contributed by atoms with Crippen molar-refractivity contribution in [3.63, 3.8) is 0 Å². The summed E-state index contributed by atoms with van der Waals surface area (Å²) in [6, 6.07) is 9.24. The van der Waals surface area contributed by atoms with Crippen LogP contribution in [0, 0.1) is 0 Å². The Morgan fingerprint density at radius 1 is 1.14 bits per heavy atom. The molecule has 1 saturated carbocycles. The lowest BCUT2D eigenvalue weighted by Crippen LogP contribution is -2.47. The van der Waals surface area contributed by atoms with Crippen LogP contribution in [-0.2, 0) is 4.74 Å². The molecule has 186 valence electrons. The van der Waals surface area contributed by atoms with Crippen molar-refractivity contribution in [1.29, 1.82) is 0 Å². The first-order valence-electron chi connectivity index (χ1n) is 10.5. The van der Waals surface area contributed by atoms with E-state index in [4.69, 9.17) is 20.9 Å². The third-order valence-corrected chi connectivity index (χ3v) is 7.17. The summed E-state index contributed by atoms with van der Waals surface area (Å²) in [4.78, 5) is 12.6. The Balaban J connectivity index is 0.00000144. The van der Waals surface area contributed by atoms with Crippen LogP contribution < -0.4 is 16.2 Å². The van der Waals surface area contributed by atoms with E-state index in [0.717, 1.165) is 15.2 Å². The molecular formula is C22H23BrCl2N6O4. The summed E-state index contributed by atoms with van der Waals surface area (Å²) >= 11 is 3.39. The van der Waals surface area contributed by atoms with E-state index >= 15 is 0 Å². The van der Waals surface area contributed by atoms with Crippen molar-refractivity contribution in [2.45, 2.75) is 43.0 Å². The standard InChI is InChI=1S/C22H21BrN6O4.2ClH/c23-13-7-10-1-2-12(8-14(10)27-18(13)24)32-15-3-5-22(31)16(30)20(33-17(15)22)29-6-4-11-9-26-21(25)28-19(11)29;;/h1-2,4,6-9,15-17,20,30-31H,3,5H2,(H2,24,27)(H2,25,26,28);2*1H/t15-,16-,17+,20+,22-;;/m0../s1. The van der Waals surface area contributed by atoms with Gasteiger partial charge in [-0.25, -0.2) is 9.97 Å². The number of rotatable bonds is 3. The Bertz CT molecular complexity index is 1410. The fourth-order valence-electron chi connectivity index (χ4n) is 4.86. The van der Waals surface area contributed by atoms with E-state index in [2.05, 4.69) is 30.9 Å². The average molecular weight is 586 g/mol. The number of nitrogen functional groups attached to an aromatic ring is 2. The maximum atomic E-state index is 11.3. The molecule has 0 radical (unpaired) electrons. The van der Waals surface area contributed by atoms with Gasteiger partial charge in [-0.3, -0.25) is 0 Å². The number of anilines is 2. The Kier molecular flexibility index (Phi) is 6.77. The lowest BCUT2D eigenvalue weighted by Gasteiger charge is -2.26. The van der Waals surface area contributed by atoms with Gasteiger partial charge in [-0.15, -0.1) is 24.8 Å². The second-order valence-corrected chi connectivity index (χ2v) is 9.37. The lowest BCUT2D eigenvalue weighted by atomic mass is 9.94. The Labute approximate surface area is 220 Å². The first kappa shape index (κ1) is 25.7. The van der Waals surface area contributed by atoms with Crippen LogP contribution in [0.3, 0.4) is 0 Å². The number of fused-ring (bicyclic) bond motifs is 3. The van der Waals surface area contributed by atoms with E-state index < -0.39 is 30.1 Å². The third-order valence-electron chi connectivity index (χ3n) is 6.53. The number of aliphatic hydroxyl groups excluding tert-OH is 1. The molecule has 1 aliphatic heterocycles. The van der Waals surface area contributed by atoms with Crippen molar-refractivity contribution in [1.82, 2.24) is 19.5 Å². The van der Waals surface area contributed by atoms with Gasteiger partial charge in [0.15, 0.2) is 6.23 Å². The molecule has 35 heavy (non-hydrogen) atoms. The molecule has 0 bridgehead atoms. The number of halogens is 3. The van der Waals surface area contributed by atoms with E-state index in [1.165, 1.54) is 0 Å². The molecule has 0 amide bonds. The maximum absolute atomic E-state index is 11.3. The van der Waals surface area contributed by atoms with Crippen LogP contribution in [0.5, 0.6) is 5.75 Å². The van der Waals surface area contributed by atoms with Gasteiger partial charge in [0.2, 0.25) is 5.95 Å². The summed E-state index contributed by atoms with van der Waals surface area (Å²) in [6.45, 7) is 0. The zero-order valence-electron chi connectivity index (χ0n) is 18.1. The number of pyridine rings is 1. The zero-order valence-corrected chi connectivity index (χ0v) is 21.3. The van der Waals surface area contributed by atoms with Gasteiger partial charge < -0.3 is 35.7 Å². The summed E-state index contributed by atoms with van der Waals surface area (Å²) in [5, 5.41) is 24.0. The number of nitrogens with zero attached hydrogens (tertiary/aromatic N) is 4. The second kappa shape index (κ2) is 9.23. The third kappa shape index (κ3) is 4.05. The number of aliphatic hydroxyl groups is 2. The highest BCUT2D eigenvalue weighted by Gasteiger charge is 2.62. The van der Waals surface area contributed by atoms with Gasteiger partial charge in [-0.2, -0.15) is 4.98 Å². The number of nitrogens with two attached hydrogens (primary N) is 2. The molecule has 13 heteroatoms. The largest absolute Gasteiger partial charge is 0.488 e. The monoisotopic (exact) mass is 584 g/mol. The molecule has 1 saturated heterocycles. The first-order chi connectivity index (χ1) is 15.8. The molecule has 1 aliphatic carbocycles. The van der Waals surface area contributed by atoms with E-state index in [1.54, 1.807) is 23.0 Å². The molecule has 1 aromatic carbocycles. The van der Waals surface area contributed by atoms with Crippen LogP contribution >= 0.6 is 40.7 Å². The van der Waals surface area contributed by atoms with E-state index in [-0.39, 0.29) is 30.8 Å². The fraction of sp³-hybridized carbons (Fsp3) is 0.318. The predicted octanol–water partition coefficient (Wildman–Crippen LogP) is 2.98. The normalized spacial score (nSPS) is 27.4. The SMILES string of the molecule is Cl.Cl.Nc1ncc2ccn([C@@H]3O[C@@H]4[C@@H](Oc5ccc6cc(Br)c(N)nc6c5)CC[C@]4(O)[C@H]3O)c2n1. The molecular weight excluding hydrogens is 563 g/mol. The minimum Gasteiger partial charge on any atom is -0.488 e. The van der Waals surface area contributed by atoms with Gasteiger partial charge in [0.1, 0.15) is 41.1 Å². The molecule has 10 nitrogen and oxygen atoms in total. The summed E-state index contributed by atoms with van der Waals surface area (Å²) in [5.41, 5.74) is 11.4. The molecule has 2 fully saturated rings. The topological polar surface area (TPSA) is 155 Å². The molecule has 5 atom stereocenters. The summed E-state index contributed by atoms with van der Waals surface area (Å²) in [7, 11) is 0. The van der Waals surface area contributed by atoms with Crippen LogP contribution in [0.1, 0.15) is 19.1 Å². The van der Waals surface area contributed by atoms with Crippen LogP contribution in [0.4, 0.5) is 11.8 Å². The van der Waals surface area contributed by atoms with Crippen molar-refractivity contribution in [2.24, 2.45) is 0 Å². The number of ether oxygens (including phenoxy) is 2. The molecule has 6 rings (SSSR count). The Morgan fingerprint density at radius 2 is 1.94 bits per heavy atom. The van der Waals surface area contributed by atoms with Gasteiger partial charge in [0.25, 0.3) is 0 Å². The van der Waals surface area contributed by atoms with Crippen molar-refractivity contribution in [3.8, 4) is 5.75 Å². The van der Waals surface area contributed by atoms with Gasteiger partial charge in [-0.1, -0.05) is 0 Å². The number of hydrogen-bond donors (Lipinski definition) is 4. The second-order valence-electron chi connectivity index (χ2n) is 8.52. The molecule has 0 spiro atoms. The molecule has 3 aromatic heterocycles. The average Bonchev–Trinajstić information content (AvgIpc) is 3.41. The van der Waals surface area contributed by atoms with Crippen LogP contribution in [0.25, 0.3) is 21.9 Å². The highest BCUT2D eigenvalue weighted by Crippen LogP contribution is 2.48. The van der Waals surface area contributed by atoms with Gasteiger partial charge >= 0.3 is 0 Å². The van der Waals surface area contributed by atoms with E-state index in [0.29, 0.717) is 35.6 Å². The van der Waals surface area contributed by atoms with Gasteiger partial charge in [0, 0.05) is 29.2 Å². The maximum Gasteiger partial charge on any atom is 0.221 e. The molecule has 4 heterocycles. The number of aromatic nitrogens is 4. The number of hydrogen-bond acceptors (Lipinski definition) is 9. The summed E-state index contributed by atoms with van der Waals surface area (Å²) < 4.78 is 14.8. The minimum atomic E-state index is -1.45. The summed E-state index contributed by atoms with van der Waals surface area (Å²) in [5.74, 6) is 1.09. The Hall–Kier alpha value is -2.41. The van der Waals surface area contributed by atoms with Gasteiger partial charge in [0.05, 0.1) is 9.99 Å². The van der Waals surface area contributed by atoms with Crippen molar-refractivity contribution >= 4 is 74.4 Å². The molecule has 4 aromatic rings. The molecule has 6 N–H and O–H groups in total. The van der Waals surface area contributed by atoms with Crippen molar-refractivity contribution < 1.29 is 19.7 Å². The van der Waals surface area contributed by atoms with Gasteiger partial charge in [-0.05, 0) is 53.0 Å². The van der Waals surface area contributed by atoms with Crippen LogP contribution in [0.2, 0.25) is 0 Å². The van der Waals surface area contributed by atoms with E-state index in [9.17, 15) is 10.2 Å². The number of benzene rings is 1. The van der Waals surface area contributed by atoms with Crippen molar-refractivity contribution in [2.75, 3.05) is 11.5 Å². The highest BCUT2D eigenvalue weighted by atomic mass is 79.9. The zero-order chi connectivity index (χ0) is 22.9.